The van der Waals surface area contributed by atoms with Crippen LogP contribution in [0.3, 0.4) is 0 Å². The highest BCUT2D eigenvalue weighted by Crippen LogP contribution is 2.19. The van der Waals surface area contributed by atoms with E-state index >= 15 is 0 Å². The summed E-state index contributed by atoms with van der Waals surface area (Å²) in [5, 5.41) is 3.02. The molecular formula is C24H25NO4. The molecule has 0 bridgehead atoms. The van der Waals surface area contributed by atoms with Crippen LogP contribution in [0, 0.1) is 6.92 Å². The molecule has 0 saturated heterocycles. The Balaban J connectivity index is 1.58. The summed E-state index contributed by atoms with van der Waals surface area (Å²) in [4.78, 5) is 23.9. The van der Waals surface area contributed by atoms with Gasteiger partial charge in [0.25, 0.3) is 5.91 Å². The average molecular weight is 391 g/mol. The number of ketones is 1. The van der Waals surface area contributed by atoms with Crippen LogP contribution >= 0.6 is 0 Å². The molecular weight excluding hydrogens is 366 g/mol. The first-order valence-corrected chi connectivity index (χ1v) is 9.66. The molecule has 1 amide bonds. The van der Waals surface area contributed by atoms with Gasteiger partial charge in [-0.15, -0.1) is 0 Å². The van der Waals surface area contributed by atoms with Gasteiger partial charge in [0.15, 0.2) is 11.5 Å². The summed E-state index contributed by atoms with van der Waals surface area (Å²) in [5.41, 5.74) is 2.88. The van der Waals surface area contributed by atoms with E-state index in [-0.39, 0.29) is 30.1 Å². The summed E-state index contributed by atoms with van der Waals surface area (Å²) < 4.78 is 11.3. The summed E-state index contributed by atoms with van der Waals surface area (Å²) in [6.45, 7) is 5.78. The average Bonchev–Trinajstić information content (AvgIpc) is 3.20. The Hall–Kier alpha value is -3.34. The van der Waals surface area contributed by atoms with Crippen molar-refractivity contribution < 1.29 is 18.7 Å². The molecule has 0 saturated carbocycles. The Morgan fingerprint density at radius 3 is 2.31 bits per heavy atom. The van der Waals surface area contributed by atoms with E-state index in [2.05, 4.69) is 5.32 Å². The van der Waals surface area contributed by atoms with Gasteiger partial charge in [-0.05, 0) is 62.2 Å². The van der Waals surface area contributed by atoms with Gasteiger partial charge in [0.1, 0.15) is 18.1 Å². The van der Waals surface area contributed by atoms with Crippen molar-refractivity contribution in [2.24, 2.45) is 0 Å². The van der Waals surface area contributed by atoms with Crippen LogP contribution in [-0.4, -0.2) is 11.7 Å². The number of Topliss-reactive ketones (excluding diaryl/α,β-unsaturated/α-hetero) is 1. The highest BCUT2D eigenvalue weighted by molar-refractivity contribution is 5.94. The fraction of sp³-hybridized carbons (Fsp3) is 0.250. The van der Waals surface area contributed by atoms with Gasteiger partial charge >= 0.3 is 0 Å². The van der Waals surface area contributed by atoms with E-state index in [1.54, 1.807) is 36.4 Å². The quantitative estimate of drug-likeness (QED) is 0.533. The fourth-order valence-corrected chi connectivity index (χ4v) is 2.97. The zero-order valence-electron chi connectivity index (χ0n) is 16.9. The first kappa shape index (κ1) is 20.4. The molecule has 5 heteroatoms. The lowest BCUT2D eigenvalue weighted by molar-refractivity contribution is 0.0903. The molecule has 3 aromatic rings. The van der Waals surface area contributed by atoms with Crippen LogP contribution in [0.25, 0.3) is 0 Å². The van der Waals surface area contributed by atoms with Gasteiger partial charge in [-0.1, -0.05) is 36.8 Å². The van der Waals surface area contributed by atoms with Crippen molar-refractivity contribution in [2.45, 2.75) is 39.8 Å². The Bertz CT molecular complexity index is 971. The molecule has 29 heavy (non-hydrogen) atoms. The first-order valence-electron chi connectivity index (χ1n) is 9.66. The zero-order chi connectivity index (χ0) is 20.8. The van der Waals surface area contributed by atoms with Crippen LogP contribution in [-0.2, 0) is 6.61 Å². The minimum atomic E-state index is -0.255. The molecule has 150 valence electrons. The monoisotopic (exact) mass is 391 g/mol. The van der Waals surface area contributed by atoms with Crippen molar-refractivity contribution in [3.63, 3.8) is 0 Å². The van der Waals surface area contributed by atoms with Crippen molar-refractivity contribution in [2.75, 3.05) is 0 Å². The van der Waals surface area contributed by atoms with E-state index in [0.29, 0.717) is 17.1 Å². The van der Waals surface area contributed by atoms with Crippen LogP contribution < -0.4 is 10.1 Å². The lowest BCUT2D eigenvalue weighted by atomic mass is 10.0. The third-order valence-corrected chi connectivity index (χ3v) is 4.72. The van der Waals surface area contributed by atoms with Crippen molar-refractivity contribution in [3.05, 3.63) is 88.9 Å². The molecule has 0 spiro atoms. The van der Waals surface area contributed by atoms with E-state index in [9.17, 15) is 9.59 Å². The number of carbonyl (C=O) groups is 2. The number of nitrogens with one attached hydrogen (secondary N) is 1. The number of ether oxygens (including phenoxy) is 1. The molecule has 0 aliphatic heterocycles. The van der Waals surface area contributed by atoms with Gasteiger partial charge in [0.05, 0.1) is 6.04 Å². The number of aryl methyl sites for hydroxylation is 1. The van der Waals surface area contributed by atoms with Gasteiger partial charge in [0.2, 0.25) is 0 Å². The summed E-state index contributed by atoms with van der Waals surface area (Å²) in [6.07, 6.45) is 0.779. The lowest BCUT2D eigenvalue weighted by Crippen LogP contribution is -2.27. The predicted molar refractivity (Wildman–Crippen MR) is 111 cm³/mol. The normalized spacial score (nSPS) is 11.7. The smallest absolute Gasteiger partial charge is 0.287 e. The number of hydrogen-bond acceptors (Lipinski definition) is 4. The lowest BCUT2D eigenvalue weighted by Gasteiger charge is -2.17. The Morgan fingerprint density at radius 1 is 1.00 bits per heavy atom. The molecule has 1 aromatic heterocycles. The highest BCUT2D eigenvalue weighted by Gasteiger charge is 2.17. The zero-order valence-corrected chi connectivity index (χ0v) is 16.9. The molecule has 0 fully saturated rings. The van der Waals surface area contributed by atoms with Crippen LogP contribution in [0.5, 0.6) is 5.75 Å². The Labute approximate surface area is 170 Å². The summed E-state index contributed by atoms with van der Waals surface area (Å²) in [6, 6.07) is 18.3. The third-order valence-electron chi connectivity index (χ3n) is 4.72. The van der Waals surface area contributed by atoms with Crippen molar-refractivity contribution in [1.82, 2.24) is 5.32 Å². The van der Waals surface area contributed by atoms with Crippen LogP contribution in [0.15, 0.2) is 65.1 Å². The number of rotatable bonds is 8. The third kappa shape index (κ3) is 5.35. The first-order chi connectivity index (χ1) is 14.0. The van der Waals surface area contributed by atoms with Gasteiger partial charge in [-0.3, -0.25) is 9.59 Å². The maximum absolute atomic E-state index is 12.6. The van der Waals surface area contributed by atoms with Crippen molar-refractivity contribution in [3.8, 4) is 5.75 Å². The second kappa shape index (κ2) is 9.24. The minimum Gasteiger partial charge on any atom is -0.486 e. The Kier molecular flexibility index (Phi) is 6.50. The van der Waals surface area contributed by atoms with E-state index < -0.39 is 0 Å². The highest BCUT2D eigenvalue weighted by atomic mass is 16.5. The maximum Gasteiger partial charge on any atom is 0.287 e. The van der Waals surface area contributed by atoms with Gasteiger partial charge in [-0.25, -0.2) is 0 Å². The van der Waals surface area contributed by atoms with E-state index in [0.717, 1.165) is 12.0 Å². The fourth-order valence-electron chi connectivity index (χ4n) is 2.97. The van der Waals surface area contributed by atoms with Crippen LogP contribution in [0.4, 0.5) is 0 Å². The molecule has 1 N–H and O–H groups in total. The van der Waals surface area contributed by atoms with Crippen LogP contribution in [0.2, 0.25) is 0 Å². The standard InChI is InChI=1S/C24H25NO4/c1-4-22(19-7-5-16(2)6-8-19)25-24(27)23-14-13-21(29-23)15-28-20-11-9-18(10-12-20)17(3)26/h5-14,22H,4,15H2,1-3H3,(H,25,27). The number of furan rings is 1. The second-order valence-corrected chi connectivity index (χ2v) is 6.98. The predicted octanol–water partition coefficient (Wildman–Crippen LogP) is 5.25. The van der Waals surface area contributed by atoms with Gasteiger partial charge in [-0.2, -0.15) is 0 Å². The SMILES string of the molecule is CCC(NC(=O)c1ccc(COc2ccc(C(C)=O)cc2)o1)c1ccc(C)cc1. The summed E-state index contributed by atoms with van der Waals surface area (Å²) in [7, 11) is 0. The molecule has 1 atom stereocenters. The topological polar surface area (TPSA) is 68.5 Å². The van der Waals surface area contributed by atoms with E-state index in [4.69, 9.17) is 9.15 Å². The second-order valence-electron chi connectivity index (χ2n) is 6.98. The molecule has 0 radical (unpaired) electrons. The number of benzene rings is 2. The van der Waals surface area contributed by atoms with Crippen molar-refractivity contribution >= 4 is 11.7 Å². The van der Waals surface area contributed by atoms with Crippen molar-refractivity contribution in [1.29, 1.82) is 0 Å². The minimum absolute atomic E-state index is 0.00857. The summed E-state index contributed by atoms with van der Waals surface area (Å²) >= 11 is 0. The molecule has 1 heterocycles. The van der Waals surface area contributed by atoms with Gasteiger partial charge in [0, 0.05) is 5.56 Å². The molecule has 0 aliphatic carbocycles. The van der Waals surface area contributed by atoms with E-state index in [1.807, 2.05) is 38.1 Å². The largest absolute Gasteiger partial charge is 0.486 e. The number of hydrogen-bond donors (Lipinski definition) is 1. The Morgan fingerprint density at radius 2 is 1.69 bits per heavy atom. The molecule has 0 aliphatic rings. The van der Waals surface area contributed by atoms with Crippen LogP contribution in [0.1, 0.15) is 64.1 Å². The summed E-state index contributed by atoms with van der Waals surface area (Å²) in [5.74, 6) is 1.18. The molecule has 3 rings (SSSR count). The molecule has 1 unspecified atom stereocenters. The van der Waals surface area contributed by atoms with Gasteiger partial charge < -0.3 is 14.5 Å². The maximum atomic E-state index is 12.6. The number of amides is 1. The van der Waals surface area contributed by atoms with E-state index in [1.165, 1.54) is 12.5 Å². The molecule has 2 aromatic carbocycles. The molecule has 5 nitrogen and oxygen atoms in total. The number of carbonyl (C=O) groups excluding carboxylic acids is 2.